The zero-order valence-electron chi connectivity index (χ0n) is 19.4. The Labute approximate surface area is 202 Å². The maximum Gasteiger partial charge on any atom is 0.346 e. The molecule has 10 nitrogen and oxygen atoms in total. The van der Waals surface area contributed by atoms with E-state index in [1.165, 1.54) is 0 Å². The third-order valence-corrected chi connectivity index (χ3v) is 6.09. The van der Waals surface area contributed by atoms with Gasteiger partial charge in [-0.15, -0.1) is 21.6 Å². The number of nitriles is 1. The molecular weight excluding hydrogens is 460 g/mol. The fraction of sp³-hybridized carbons (Fsp3) is 0.478. The lowest BCUT2D eigenvalue weighted by Crippen LogP contribution is -2.29. The summed E-state index contributed by atoms with van der Waals surface area (Å²) in [5.41, 5.74) is 3.05. The van der Waals surface area contributed by atoms with E-state index in [1.54, 1.807) is 6.92 Å². The van der Waals surface area contributed by atoms with Gasteiger partial charge in [0.2, 0.25) is 0 Å². The Hall–Kier alpha value is -2.88. The molecule has 0 unspecified atom stereocenters. The van der Waals surface area contributed by atoms with Gasteiger partial charge in [0.05, 0.1) is 44.3 Å². The second kappa shape index (κ2) is 14.4. The van der Waals surface area contributed by atoms with Gasteiger partial charge in [0.15, 0.2) is 5.00 Å². The molecule has 11 heteroatoms. The number of hydrogen-bond donors (Lipinski definition) is 3. The molecule has 34 heavy (non-hydrogen) atoms. The van der Waals surface area contributed by atoms with Gasteiger partial charge in [-0.05, 0) is 49.6 Å². The number of aliphatic hydroxyl groups is 2. The number of anilines is 1. The highest BCUT2D eigenvalue weighted by molar-refractivity contribution is 7.18. The van der Waals surface area contributed by atoms with Crippen LogP contribution in [0.25, 0.3) is 0 Å². The summed E-state index contributed by atoms with van der Waals surface area (Å²) in [5, 5.41) is 45.1. The van der Waals surface area contributed by atoms with Crippen LogP contribution >= 0.6 is 11.3 Å². The zero-order valence-corrected chi connectivity index (χ0v) is 20.2. The first-order valence-corrected chi connectivity index (χ1v) is 11.7. The fourth-order valence-corrected chi connectivity index (χ4v) is 4.11. The molecule has 0 radical (unpaired) electrons. The van der Waals surface area contributed by atoms with Gasteiger partial charge in [-0.25, -0.2) is 4.79 Å². The third kappa shape index (κ3) is 7.86. The largest absolute Gasteiger partial charge is 0.477 e. The van der Waals surface area contributed by atoms with E-state index < -0.39 is 5.97 Å². The molecule has 0 aliphatic heterocycles. The number of carboxylic acids is 1. The summed E-state index contributed by atoms with van der Waals surface area (Å²) in [6.45, 7) is 6.36. The van der Waals surface area contributed by atoms with Crippen LogP contribution in [0.4, 0.5) is 16.4 Å². The summed E-state index contributed by atoms with van der Waals surface area (Å²) in [6.07, 6.45) is 0.765. The fourth-order valence-electron chi connectivity index (χ4n) is 3.19. The first-order valence-electron chi connectivity index (χ1n) is 10.8. The maximum atomic E-state index is 11.4. The van der Waals surface area contributed by atoms with Crippen molar-refractivity contribution in [3.8, 4) is 6.07 Å². The Morgan fingerprint density at radius 3 is 2.41 bits per heavy atom. The first-order chi connectivity index (χ1) is 16.4. The number of rotatable bonds is 15. The predicted octanol–water partition coefficient (Wildman–Crippen LogP) is 3.56. The van der Waals surface area contributed by atoms with E-state index in [1.807, 2.05) is 31.2 Å². The summed E-state index contributed by atoms with van der Waals surface area (Å²) < 4.78 is 10.8. The summed E-state index contributed by atoms with van der Waals surface area (Å²) in [4.78, 5) is 13.6. The highest BCUT2D eigenvalue weighted by Crippen LogP contribution is 2.36. The predicted molar refractivity (Wildman–Crippen MR) is 129 cm³/mol. The lowest BCUT2D eigenvalue weighted by atomic mass is 10.1. The van der Waals surface area contributed by atoms with Crippen LogP contribution in [0.5, 0.6) is 0 Å². The Morgan fingerprint density at radius 2 is 1.79 bits per heavy atom. The molecular formula is C23H30N4O6S. The molecule has 0 fully saturated rings. The number of aliphatic hydroxyl groups excluding tert-OH is 2. The van der Waals surface area contributed by atoms with Crippen molar-refractivity contribution >= 4 is 33.7 Å². The van der Waals surface area contributed by atoms with Crippen molar-refractivity contribution in [1.82, 2.24) is 0 Å². The number of benzene rings is 1. The molecule has 0 saturated heterocycles. The van der Waals surface area contributed by atoms with Crippen LogP contribution in [0.3, 0.4) is 0 Å². The van der Waals surface area contributed by atoms with Gasteiger partial charge >= 0.3 is 5.97 Å². The van der Waals surface area contributed by atoms with Crippen molar-refractivity contribution in [2.75, 3.05) is 57.6 Å². The average Bonchev–Trinajstić information content (AvgIpc) is 3.14. The number of aryl methyl sites for hydroxylation is 1. The van der Waals surface area contributed by atoms with Gasteiger partial charge in [0.1, 0.15) is 10.9 Å². The van der Waals surface area contributed by atoms with Crippen molar-refractivity contribution in [2.45, 2.75) is 20.3 Å². The van der Waals surface area contributed by atoms with Crippen molar-refractivity contribution in [3.63, 3.8) is 0 Å². The van der Waals surface area contributed by atoms with E-state index in [-0.39, 0.29) is 35.3 Å². The van der Waals surface area contributed by atoms with E-state index in [2.05, 4.69) is 15.1 Å². The molecule has 0 bridgehead atoms. The normalized spacial score (nSPS) is 11.1. The lowest BCUT2D eigenvalue weighted by molar-refractivity contribution is 0.0701. The zero-order chi connectivity index (χ0) is 24.9. The number of carbonyl (C=O) groups is 1. The number of aromatic carboxylic acids is 1. The number of thiophene rings is 1. The molecule has 1 aromatic heterocycles. The number of carboxylic acid groups (broad SMARTS) is 1. The second-order valence-corrected chi connectivity index (χ2v) is 8.34. The van der Waals surface area contributed by atoms with E-state index >= 15 is 0 Å². The molecule has 0 amide bonds. The van der Waals surface area contributed by atoms with Gasteiger partial charge in [-0.3, -0.25) is 0 Å². The quantitative estimate of drug-likeness (QED) is 0.253. The van der Waals surface area contributed by atoms with Crippen LogP contribution < -0.4 is 4.90 Å². The van der Waals surface area contributed by atoms with E-state index in [4.69, 9.17) is 19.7 Å². The van der Waals surface area contributed by atoms with Crippen molar-refractivity contribution in [1.29, 1.82) is 5.26 Å². The molecule has 1 heterocycles. The molecule has 3 N–H and O–H groups in total. The molecule has 0 aliphatic carbocycles. The van der Waals surface area contributed by atoms with Crippen LogP contribution in [0.1, 0.15) is 32.8 Å². The van der Waals surface area contributed by atoms with Gasteiger partial charge in [-0.2, -0.15) is 5.26 Å². The first kappa shape index (κ1) is 27.4. The monoisotopic (exact) mass is 490 g/mol. The van der Waals surface area contributed by atoms with Crippen molar-refractivity contribution in [2.24, 2.45) is 10.2 Å². The molecule has 0 aliphatic rings. The van der Waals surface area contributed by atoms with Crippen LogP contribution in [0.2, 0.25) is 0 Å². The van der Waals surface area contributed by atoms with Gasteiger partial charge in [0, 0.05) is 25.4 Å². The van der Waals surface area contributed by atoms with Gasteiger partial charge in [0.25, 0.3) is 0 Å². The smallest absolute Gasteiger partial charge is 0.346 e. The number of nitrogens with zero attached hydrogens (tertiary/aromatic N) is 4. The van der Waals surface area contributed by atoms with E-state index in [0.717, 1.165) is 29.0 Å². The molecule has 0 saturated carbocycles. The Bertz CT molecular complexity index is 1020. The summed E-state index contributed by atoms with van der Waals surface area (Å²) in [7, 11) is 0. The highest BCUT2D eigenvalue weighted by Gasteiger charge is 2.19. The molecule has 0 atom stereocenters. The van der Waals surface area contributed by atoms with Crippen molar-refractivity contribution in [3.05, 3.63) is 39.8 Å². The van der Waals surface area contributed by atoms with Crippen molar-refractivity contribution < 1.29 is 29.6 Å². The number of hydrogen-bond acceptors (Lipinski definition) is 10. The Morgan fingerprint density at radius 1 is 1.09 bits per heavy atom. The number of ether oxygens (including phenoxy) is 2. The number of azo groups is 1. The SMILES string of the molecule is Cc1cc(N(CCCOCCO)CCOCCO)ccc1N=Nc1sc(C(=O)O)c(C)c1C#N. The van der Waals surface area contributed by atoms with Crippen LogP contribution in [-0.4, -0.2) is 74.0 Å². The minimum atomic E-state index is -1.09. The van der Waals surface area contributed by atoms with Crippen LogP contribution in [-0.2, 0) is 9.47 Å². The van der Waals surface area contributed by atoms with Crippen LogP contribution in [0, 0.1) is 25.2 Å². The summed E-state index contributed by atoms with van der Waals surface area (Å²) >= 11 is 0.930. The minimum absolute atomic E-state index is 0.00749. The van der Waals surface area contributed by atoms with E-state index in [9.17, 15) is 15.2 Å². The average molecular weight is 491 g/mol. The molecule has 1 aromatic carbocycles. The standard InChI is InChI=1S/C23H30N4O6S/c1-16-14-18(27(7-11-33-13-9-29)6-3-10-32-12-8-28)4-5-20(16)25-26-22-19(15-24)17(2)21(34-22)23(30)31/h4-5,14,28-29H,3,6-13H2,1-2H3,(H,30,31). The summed E-state index contributed by atoms with van der Waals surface area (Å²) in [5.74, 6) is -1.09. The molecule has 184 valence electrons. The maximum absolute atomic E-state index is 11.4. The summed E-state index contributed by atoms with van der Waals surface area (Å²) in [6, 6.07) is 7.72. The van der Waals surface area contributed by atoms with Gasteiger partial charge in [-0.1, -0.05) is 0 Å². The minimum Gasteiger partial charge on any atom is -0.477 e. The third-order valence-electron chi connectivity index (χ3n) is 4.92. The molecule has 0 spiro atoms. The Kier molecular flexibility index (Phi) is 11.6. The lowest BCUT2D eigenvalue weighted by Gasteiger charge is -2.25. The second-order valence-electron chi connectivity index (χ2n) is 7.34. The molecule has 2 rings (SSSR count). The highest BCUT2D eigenvalue weighted by atomic mass is 32.1. The molecule has 2 aromatic rings. The van der Waals surface area contributed by atoms with E-state index in [0.29, 0.717) is 44.2 Å². The Balaban J connectivity index is 2.17. The topological polar surface area (TPSA) is 148 Å². The van der Waals surface area contributed by atoms with Gasteiger partial charge < -0.3 is 29.7 Å². The van der Waals surface area contributed by atoms with Crippen LogP contribution in [0.15, 0.2) is 28.4 Å².